The summed E-state index contributed by atoms with van der Waals surface area (Å²) < 4.78 is 0. The zero-order chi connectivity index (χ0) is 33.7. The van der Waals surface area contributed by atoms with Crippen molar-refractivity contribution in [1.29, 1.82) is 0 Å². The molecule has 0 saturated heterocycles. The normalized spacial score (nSPS) is 14.6. The van der Waals surface area contributed by atoms with Crippen LogP contribution in [0.3, 0.4) is 0 Å². The number of hydrogen-bond acceptors (Lipinski definition) is 3. The molecule has 0 spiro atoms. The minimum absolute atomic E-state index is 0.672. The van der Waals surface area contributed by atoms with Gasteiger partial charge >= 0.3 is 0 Å². The van der Waals surface area contributed by atoms with Crippen molar-refractivity contribution in [3.8, 4) is 67.3 Å². The van der Waals surface area contributed by atoms with Crippen molar-refractivity contribution < 1.29 is 0 Å². The Hall–Kier alpha value is -6.70. The van der Waals surface area contributed by atoms with Gasteiger partial charge in [-0.15, -0.1) is 0 Å². The number of fused-ring (bicyclic) bond motifs is 5. The average Bonchev–Trinajstić information content (AvgIpc) is 3.46. The van der Waals surface area contributed by atoms with Crippen LogP contribution in [0.2, 0.25) is 0 Å². The van der Waals surface area contributed by atoms with Gasteiger partial charge in [-0.3, -0.25) is 4.98 Å². The van der Waals surface area contributed by atoms with E-state index in [4.69, 9.17) is 16.5 Å². The van der Waals surface area contributed by atoms with Crippen LogP contribution in [-0.2, 0) is 5.54 Å². The molecule has 0 fully saturated rings. The van der Waals surface area contributed by atoms with Gasteiger partial charge in [-0.05, 0) is 75.0 Å². The Morgan fingerprint density at radius 2 is 1.16 bits per heavy atom. The Kier molecular flexibility index (Phi) is 6.93. The number of nitrogens with zero attached hydrogens (tertiary/aromatic N) is 4. The Balaban J connectivity index is 1.25. The van der Waals surface area contributed by atoms with Crippen molar-refractivity contribution in [2.24, 2.45) is 0 Å². The van der Waals surface area contributed by atoms with E-state index in [-0.39, 0.29) is 0 Å². The van der Waals surface area contributed by atoms with E-state index >= 15 is 0 Å². The van der Waals surface area contributed by atoms with E-state index in [2.05, 4.69) is 114 Å². The molecular formula is C46H30N4. The number of hydrogen-bond donors (Lipinski definition) is 0. The molecule has 0 N–H and O–H groups in total. The lowest BCUT2D eigenvalue weighted by molar-refractivity contribution is 0.748. The van der Waals surface area contributed by atoms with Gasteiger partial charge in [-0.1, -0.05) is 115 Å². The summed E-state index contributed by atoms with van der Waals surface area (Å²) in [4.78, 5) is 18.9. The highest BCUT2D eigenvalue weighted by atomic mass is 14.9. The fourth-order valence-corrected chi connectivity index (χ4v) is 7.34. The smallest absolute Gasteiger partial charge is 0.281 e. The summed E-state index contributed by atoms with van der Waals surface area (Å²) in [5, 5.41) is 2.28. The van der Waals surface area contributed by atoms with Gasteiger partial charge in [-0.2, -0.15) is 0 Å². The van der Waals surface area contributed by atoms with E-state index < -0.39 is 5.54 Å². The van der Waals surface area contributed by atoms with Crippen molar-refractivity contribution in [2.75, 3.05) is 0 Å². The van der Waals surface area contributed by atoms with Crippen LogP contribution in [-0.4, -0.2) is 15.0 Å². The number of pyridine rings is 1. The molecule has 8 aromatic rings. The van der Waals surface area contributed by atoms with E-state index in [1.54, 1.807) is 6.20 Å². The highest BCUT2D eigenvalue weighted by molar-refractivity contribution is 5.98. The fourth-order valence-electron chi connectivity index (χ4n) is 7.34. The monoisotopic (exact) mass is 638 g/mol. The molecule has 1 unspecified atom stereocenters. The third kappa shape index (κ3) is 4.87. The van der Waals surface area contributed by atoms with Crippen LogP contribution in [0.5, 0.6) is 0 Å². The van der Waals surface area contributed by atoms with Gasteiger partial charge in [-0.25, -0.2) is 16.5 Å². The molecule has 1 atom stereocenters. The molecule has 0 radical (unpaired) electrons. The van der Waals surface area contributed by atoms with Crippen molar-refractivity contribution in [3.63, 3.8) is 0 Å². The molecule has 6 aromatic carbocycles. The van der Waals surface area contributed by atoms with Gasteiger partial charge in [0.15, 0.2) is 5.82 Å². The predicted molar refractivity (Wildman–Crippen MR) is 203 cm³/mol. The molecule has 1 aliphatic rings. The number of rotatable bonds is 5. The van der Waals surface area contributed by atoms with Gasteiger partial charge in [0, 0.05) is 47.1 Å². The highest BCUT2D eigenvalue weighted by Crippen LogP contribution is 2.53. The van der Waals surface area contributed by atoms with Crippen LogP contribution in [0.15, 0.2) is 164 Å². The second kappa shape index (κ2) is 11.8. The number of benzene rings is 6. The van der Waals surface area contributed by atoms with Gasteiger partial charge in [0.05, 0.1) is 17.0 Å². The van der Waals surface area contributed by atoms with E-state index in [0.29, 0.717) is 5.82 Å². The molecule has 1 aliphatic carbocycles. The first-order chi connectivity index (χ1) is 24.6. The van der Waals surface area contributed by atoms with Crippen molar-refractivity contribution >= 4 is 10.8 Å². The molecule has 9 rings (SSSR count). The number of aromatic nitrogens is 3. The van der Waals surface area contributed by atoms with E-state index in [1.165, 1.54) is 0 Å². The third-order valence-electron chi connectivity index (χ3n) is 9.86. The summed E-state index contributed by atoms with van der Waals surface area (Å²) in [5.74, 6) is 0.672. The summed E-state index contributed by atoms with van der Waals surface area (Å²) in [6.45, 7) is 10.6. The second-order valence-corrected chi connectivity index (χ2v) is 12.9. The van der Waals surface area contributed by atoms with Crippen LogP contribution < -0.4 is 0 Å². The minimum Gasteiger partial charge on any atom is -0.300 e. The van der Waals surface area contributed by atoms with E-state index in [0.717, 1.165) is 83.4 Å². The lowest BCUT2D eigenvalue weighted by Crippen LogP contribution is -2.15. The van der Waals surface area contributed by atoms with Gasteiger partial charge < -0.3 is 4.85 Å². The lowest BCUT2D eigenvalue weighted by atomic mass is 9.86. The quantitative estimate of drug-likeness (QED) is 0.176. The molecule has 2 heterocycles. The molecule has 0 amide bonds. The molecule has 0 aliphatic heterocycles. The van der Waals surface area contributed by atoms with Gasteiger partial charge in [0.25, 0.3) is 5.54 Å². The zero-order valence-electron chi connectivity index (χ0n) is 27.4. The fraction of sp³-hybridized carbons (Fsp3) is 0.0435. The topological polar surface area (TPSA) is 43.0 Å². The van der Waals surface area contributed by atoms with Crippen molar-refractivity contribution in [3.05, 3.63) is 187 Å². The Bertz CT molecular complexity index is 2550. The second-order valence-electron chi connectivity index (χ2n) is 12.9. The Morgan fingerprint density at radius 1 is 0.520 bits per heavy atom. The summed E-state index contributed by atoms with van der Waals surface area (Å²) >= 11 is 0. The maximum Gasteiger partial charge on any atom is 0.281 e. The standard InChI is InChI=1S/C46H30N4/c1-46(47-2)41-27-33(20-21-39(41)40-22-19-30-12-9-10-18-38(30)44(40)46)35-24-36(34-17-11-23-48-29-34)26-37(25-35)43-28-42(31-13-5-3-6-14-31)49-45(50-43)32-15-7-4-8-16-32/h3-29H,1H3. The predicted octanol–water partition coefficient (Wildman–Crippen LogP) is 11.5. The van der Waals surface area contributed by atoms with Crippen molar-refractivity contribution in [2.45, 2.75) is 12.5 Å². The molecule has 50 heavy (non-hydrogen) atoms. The van der Waals surface area contributed by atoms with Crippen LogP contribution >= 0.6 is 0 Å². The average molecular weight is 639 g/mol. The Labute approximate surface area is 291 Å². The first-order valence-corrected chi connectivity index (χ1v) is 16.7. The molecule has 4 heteroatoms. The largest absolute Gasteiger partial charge is 0.300 e. The first-order valence-electron chi connectivity index (χ1n) is 16.7. The molecule has 234 valence electrons. The van der Waals surface area contributed by atoms with Crippen LogP contribution in [0.25, 0.3) is 82.9 Å². The van der Waals surface area contributed by atoms with Crippen LogP contribution in [0, 0.1) is 6.57 Å². The van der Waals surface area contributed by atoms with Gasteiger partial charge in [0.1, 0.15) is 0 Å². The summed E-state index contributed by atoms with van der Waals surface area (Å²) in [6, 6.07) is 52.4. The maximum atomic E-state index is 8.49. The SMILES string of the molecule is [C-]#[N+]C1(C)c2cc(-c3cc(-c4cccnc4)cc(-c4cc(-c5ccccc5)nc(-c5ccccc5)n4)c3)ccc2-c2ccc3ccccc3c21. The maximum absolute atomic E-state index is 8.49. The zero-order valence-corrected chi connectivity index (χ0v) is 27.4. The first kappa shape index (κ1) is 29.4. The summed E-state index contributed by atoms with van der Waals surface area (Å²) in [7, 11) is 0. The molecule has 2 aromatic heterocycles. The van der Waals surface area contributed by atoms with E-state index in [1.807, 2.05) is 60.8 Å². The summed E-state index contributed by atoms with van der Waals surface area (Å²) in [5.41, 5.74) is 12.3. The minimum atomic E-state index is -0.812. The molecule has 4 nitrogen and oxygen atoms in total. The highest BCUT2D eigenvalue weighted by Gasteiger charge is 2.46. The molecular weight excluding hydrogens is 609 g/mol. The third-order valence-corrected chi connectivity index (χ3v) is 9.86. The lowest BCUT2D eigenvalue weighted by Gasteiger charge is -2.17. The van der Waals surface area contributed by atoms with E-state index in [9.17, 15) is 0 Å². The van der Waals surface area contributed by atoms with Crippen LogP contribution in [0.4, 0.5) is 0 Å². The Morgan fingerprint density at radius 3 is 1.90 bits per heavy atom. The molecule has 0 saturated carbocycles. The molecule has 0 bridgehead atoms. The van der Waals surface area contributed by atoms with Gasteiger partial charge in [0.2, 0.25) is 0 Å². The van der Waals surface area contributed by atoms with Crippen molar-refractivity contribution in [1.82, 2.24) is 15.0 Å². The van der Waals surface area contributed by atoms with Crippen LogP contribution in [0.1, 0.15) is 18.1 Å². The summed E-state index contributed by atoms with van der Waals surface area (Å²) in [6.07, 6.45) is 3.69.